The Balaban J connectivity index is 1.75. The highest BCUT2D eigenvalue weighted by Gasteiger charge is 2.17. The molecule has 7 heteroatoms. The second kappa shape index (κ2) is 6.66. The van der Waals surface area contributed by atoms with Gasteiger partial charge in [-0.15, -0.1) is 0 Å². The summed E-state index contributed by atoms with van der Waals surface area (Å²) >= 11 is 0. The van der Waals surface area contributed by atoms with Gasteiger partial charge in [-0.05, 0) is 6.42 Å². The zero-order valence-electron chi connectivity index (χ0n) is 10.5. The third-order valence-corrected chi connectivity index (χ3v) is 2.81. The van der Waals surface area contributed by atoms with E-state index in [0.29, 0.717) is 37.6 Å². The molecule has 0 bridgehead atoms. The number of anilines is 1. The van der Waals surface area contributed by atoms with Crippen LogP contribution >= 0.6 is 0 Å². The van der Waals surface area contributed by atoms with E-state index < -0.39 is 0 Å². The third kappa shape index (κ3) is 3.63. The Morgan fingerprint density at radius 2 is 2.47 bits per heavy atom. The van der Waals surface area contributed by atoms with Crippen molar-refractivity contribution in [1.29, 1.82) is 5.26 Å². The smallest absolute Gasteiger partial charge is 0.248 e. The van der Waals surface area contributed by atoms with Crippen molar-refractivity contribution in [2.75, 3.05) is 38.2 Å². The van der Waals surface area contributed by atoms with Crippen LogP contribution in [0.3, 0.4) is 0 Å². The fourth-order valence-corrected chi connectivity index (χ4v) is 1.82. The van der Waals surface area contributed by atoms with Crippen molar-refractivity contribution < 1.29 is 9.53 Å². The lowest BCUT2D eigenvalue weighted by atomic mass is 10.3. The fourth-order valence-electron chi connectivity index (χ4n) is 1.82. The van der Waals surface area contributed by atoms with E-state index in [2.05, 4.69) is 15.3 Å². The van der Waals surface area contributed by atoms with Gasteiger partial charge in [-0.3, -0.25) is 4.79 Å². The summed E-state index contributed by atoms with van der Waals surface area (Å²) in [5, 5.41) is 12.0. The first-order chi connectivity index (χ1) is 9.31. The summed E-state index contributed by atoms with van der Waals surface area (Å²) in [7, 11) is 0. The summed E-state index contributed by atoms with van der Waals surface area (Å²) < 4.78 is 5.06. The zero-order valence-corrected chi connectivity index (χ0v) is 10.5. The highest BCUT2D eigenvalue weighted by Crippen LogP contribution is 2.08. The Morgan fingerprint density at radius 3 is 3.26 bits per heavy atom. The first kappa shape index (κ1) is 13.2. The summed E-state index contributed by atoms with van der Waals surface area (Å²) in [5.41, 5.74) is 0.421. The molecule has 0 saturated carbocycles. The van der Waals surface area contributed by atoms with Gasteiger partial charge >= 0.3 is 0 Å². The standard InChI is InChI=1S/C12H15N5O2/c13-6-10-7-14-9-16-12(10)15-2-1-3-17-4-5-19-8-11(17)18/h7,9H,1-5,8H2,(H,14,15,16). The number of amides is 1. The quantitative estimate of drug-likeness (QED) is 0.751. The average molecular weight is 261 g/mol. The topological polar surface area (TPSA) is 91.1 Å². The van der Waals surface area contributed by atoms with E-state index in [4.69, 9.17) is 10.00 Å². The molecule has 2 rings (SSSR count). The maximum atomic E-state index is 11.5. The average Bonchev–Trinajstić information content (AvgIpc) is 2.45. The van der Waals surface area contributed by atoms with Crippen LogP contribution in [0.5, 0.6) is 0 Å². The Morgan fingerprint density at radius 1 is 1.58 bits per heavy atom. The maximum absolute atomic E-state index is 11.5. The van der Waals surface area contributed by atoms with E-state index in [1.807, 2.05) is 6.07 Å². The van der Waals surface area contributed by atoms with Crippen LogP contribution in [-0.4, -0.2) is 53.6 Å². The number of carbonyl (C=O) groups excluding carboxylic acids is 1. The molecular weight excluding hydrogens is 246 g/mol. The van der Waals surface area contributed by atoms with Crippen molar-refractivity contribution >= 4 is 11.7 Å². The van der Waals surface area contributed by atoms with Crippen LogP contribution < -0.4 is 5.32 Å². The van der Waals surface area contributed by atoms with Crippen molar-refractivity contribution in [2.45, 2.75) is 6.42 Å². The molecule has 0 atom stereocenters. The van der Waals surface area contributed by atoms with Crippen molar-refractivity contribution in [3.63, 3.8) is 0 Å². The van der Waals surface area contributed by atoms with E-state index in [0.717, 1.165) is 6.42 Å². The van der Waals surface area contributed by atoms with Gasteiger partial charge in [0.25, 0.3) is 0 Å². The Kier molecular flexibility index (Phi) is 4.64. The molecule has 1 N–H and O–H groups in total. The first-order valence-corrected chi connectivity index (χ1v) is 6.11. The summed E-state index contributed by atoms with van der Waals surface area (Å²) in [6, 6.07) is 2.02. The molecule has 7 nitrogen and oxygen atoms in total. The molecule has 1 aromatic rings. The molecule has 0 radical (unpaired) electrons. The van der Waals surface area contributed by atoms with Crippen LogP contribution in [0.4, 0.5) is 5.82 Å². The molecule has 2 heterocycles. The van der Waals surface area contributed by atoms with Gasteiger partial charge in [-0.2, -0.15) is 5.26 Å². The molecule has 1 amide bonds. The van der Waals surface area contributed by atoms with Gasteiger partial charge in [0.2, 0.25) is 5.91 Å². The third-order valence-electron chi connectivity index (χ3n) is 2.81. The SMILES string of the molecule is N#Cc1cncnc1NCCCN1CCOCC1=O. The van der Waals surface area contributed by atoms with Gasteiger partial charge in [0.05, 0.1) is 12.8 Å². The molecule has 1 saturated heterocycles. The number of nitrogens with zero attached hydrogens (tertiary/aromatic N) is 4. The lowest BCUT2D eigenvalue weighted by molar-refractivity contribution is -0.142. The van der Waals surface area contributed by atoms with Crippen LogP contribution in [-0.2, 0) is 9.53 Å². The van der Waals surface area contributed by atoms with Crippen molar-refractivity contribution in [3.05, 3.63) is 18.1 Å². The molecule has 0 spiro atoms. The molecule has 1 aliphatic heterocycles. The van der Waals surface area contributed by atoms with Gasteiger partial charge in [0.1, 0.15) is 30.4 Å². The van der Waals surface area contributed by atoms with Crippen molar-refractivity contribution in [1.82, 2.24) is 14.9 Å². The highest BCUT2D eigenvalue weighted by molar-refractivity contribution is 5.77. The molecule has 1 aliphatic rings. The molecule has 1 aromatic heterocycles. The van der Waals surface area contributed by atoms with Gasteiger partial charge in [0, 0.05) is 19.6 Å². The van der Waals surface area contributed by atoms with Crippen LogP contribution in [0.2, 0.25) is 0 Å². The van der Waals surface area contributed by atoms with E-state index in [-0.39, 0.29) is 12.5 Å². The Hall–Kier alpha value is -2.20. The highest BCUT2D eigenvalue weighted by atomic mass is 16.5. The van der Waals surface area contributed by atoms with E-state index in [1.165, 1.54) is 12.5 Å². The van der Waals surface area contributed by atoms with Gasteiger partial charge in [-0.25, -0.2) is 9.97 Å². The number of aromatic nitrogens is 2. The van der Waals surface area contributed by atoms with Crippen molar-refractivity contribution in [3.8, 4) is 6.07 Å². The molecule has 0 unspecified atom stereocenters. The van der Waals surface area contributed by atoms with E-state index in [9.17, 15) is 4.79 Å². The first-order valence-electron chi connectivity index (χ1n) is 6.11. The number of carbonyl (C=O) groups is 1. The second-order valence-corrected chi connectivity index (χ2v) is 4.11. The summed E-state index contributed by atoms with van der Waals surface area (Å²) in [5.74, 6) is 0.566. The minimum atomic E-state index is 0.0333. The second-order valence-electron chi connectivity index (χ2n) is 4.11. The van der Waals surface area contributed by atoms with Crippen LogP contribution in [0, 0.1) is 11.3 Å². The normalized spacial score (nSPS) is 15.1. The summed E-state index contributed by atoms with van der Waals surface area (Å²) in [6.45, 7) is 2.76. The number of morpholine rings is 1. The molecular formula is C12H15N5O2. The minimum Gasteiger partial charge on any atom is -0.370 e. The predicted octanol–water partition coefficient (Wildman–Crippen LogP) is 0.00908. The molecule has 100 valence electrons. The Bertz CT molecular complexity index is 485. The minimum absolute atomic E-state index is 0.0333. The van der Waals surface area contributed by atoms with Gasteiger partial charge in [0.15, 0.2) is 0 Å². The molecule has 1 fully saturated rings. The largest absolute Gasteiger partial charge is 0.370 e. The fraction of sp³-hybridized carbons (Fsp3) is 0.500. The van der Waals surface area contributed by atoms with E-state index in [1.54, 1.807) is 4.90 Å². The van der Waals surface area contributed by atoms with Gasteiger partial charge in [-0.1, -0.05) is 0 Å². The number of nitrogens with one attached hydrogen (secondary N) is 1. The molecule has 0 aromatic carbocycles. The van der Waals surface area contributed by atoms with Crippen LogP contribution in [0.1, 0.15) is 12.0 Å². The number of hydrogen-bond donors (Lipinski definition) is 1. The lowest BCUT2D eigenvalue weighted by Gasteiger charge is -2.26. The zero-order chi connectivity index (χ0) is 13.5. The maximum Gasteiger partial charge on any atom is 0.248 e. The summed E-state index contributed by atoms with van der Waals surface area (Å²) in [6.07, 6.45) is 3.66. The van der Waals surface area contributed by atoms with Crippen LogP contribution in [0.25, 0.3) is 0 Å². The number of hydrogen-bond acceptors (Lipinski definition) is 6. The Labute approximate surface area is 111 Å². The van der Waals surface area contributed by atoms with Crippen LogP contribution in [0.15, 0.2) is 12.5 Å². The number of ether oxygens (including phenoxy) is 1. The number of nitriles is 1. The molecule has 19 heavy (non-hydrogen) atoms. The monoisotopic (exact) mass is 261 g/mol. The predicted molar refractivity (Wildman–Crippen MR) is 67.3 cm³/mol. The van der Waals surface area contributed by atoms with Gasteiger partial charge < -0.3 is 15.0 Å². The van der Waals surface area contributed by atoms with E-state index >= 15 is 0 Å². The van der Waals surface area contributed by atoms with Crippen molar-refractivity contribution in [2.24, 2.45) is 0 Å². The lowest BCUT2D eigenvalue weighted by Crippen LogP contribution is -2.42. The molecule has 0 aliphatic carbocycles. The number of rotatable bonds is 5. The summed E-state index contributed by atoms with van der Waals surface area (Å²) in [4.78, 5) is 21.1.